The van der Waals surface area contributed by atoms with Crippen molar-refractivity contribution in [2.24, 2.45) is 0 Å². The van der Waals surface area contributed by atoms with E-state index in [-0.39, 0.29) is 10.8 Å². The van der Waals surface area contributed by atoms with Crippen LogP contribution >= 0.6 is 0 Å². The van der Waals surface area contributed by atoms with Crippen LogP contribution in [0.2, 0.25) is 0 Å². The molecule has 6 nitrogen and oxygen atoms in total. The third kappa shape index (κ3) is 3.38. The number of benzene rings is 2. The molecule has 0 bridgehead atoms. The number of aryl methyl sites for hydroxylation is 1. The number of carbonyl (C=O) groups is 1. The van der Waals surface area contributed by atoms with E-state index in [4.69, 9.17) is 0 Å². The van der Waals surface area contributed by atoms with E-state index in [0.29, 0.717) is 17.9 Å². The molecule has 4 rings (SSSR count). The number of amides is 1. The van der Waals surface area contributed by atoms with Crippen LogP contribution in [-0.4, -0.2) is 25.9 Å². The van der Waals surface area contributed by atoms with E-state index in [9.17, 15) is 13.2 Å². The van der Waals surface area contributed by atoms with Crippen LogP contribution in [0.4, 0.5) is 11.4 Å². The van der Waals surface area contributed by atoms with Crippen LogP contribution in [0, 0.1) is 0 Å². The maximum Gasteiger partial charge on any atom is 0.262 e. The molecule has 2 aromatic carbocycles. The molecule has 1 aliphatic heterocycles. The zero-order chi connectivity index (χ0) is 19.0. The molecule has 0 unspecified atom stereocenters. The van der Waals surface area contributed by atoms with Gasteiger partial charge >= 0.3 is 0 Å². The number of aromatic nitrogens is 1. The summed E-state index contributed by atoms with van der Waals surface area (Å²) in [7, 11) is -3.79. The minimum Gasteiger partial charge on any atom is -0.312 e. The highest BCUT2D eigenvalue weighted by molar-refractivity contribution is 7.92. The van der Waals surface area contributed by atoms with E-state index in [1.165, 1.54) is 13.1 Å². The molecular formula is C20H19N3O3S. The molecule has 1 amide bonds. The molecule has 1 aliphatic rings. The van der Waals surface area contributed by atoms with Crippen molar-refractivity contribution in [2.75, 3.05) is 16.2 Å². The lowest BCUT2D eigenvalue weighted by molar-refractivity contribution is -0.116. The van der Waals surface area contributed by atoms with E-state index in [1.807, 2.05) is 24.3 Å². The predicted octanol–water partition coefficient (Wildman–Crippen LogP) is 3.33. The van der Waals surface area contributed by atoms with Gasteiger partial charge in [0.15, 0.2) is 0 Å². The lowest BCUT2D eigenvalue weighted by atomic mass is 10.0. The third-order valence-electron chi connectivity index (χ3n) is 4.71. The number of para-hydroxylation sites is 1. The number of anilines is 2. The average Bonchev–Trinajstić information content (AvgIpc) is 2.66. The van der Waals surface area contributed by atoms with Crippen molar-refractivity contribution >= 4 is 38.2 Å². The molecular weight excluding hydrogens is 362 g/mol. The molecule has 0 aliphatic carbocycles. The fourth-order valence-electron chi connectivity index (χ4n) is 3.39. The summed E-state index contributed by atoms with van der Waals surface area (Å²) in [4.78, 5) is 17.9. The van der Waals surface area contributed by atoms with Gasteiger partial charge in [0.25, 0.3) is 10.0 Å². The van der Waals surface area contributed by atoms with Crippen molar-refractivity contribution in [3.05, 3.63) is 60.3 Å². The summed E-state index contributed by atoms with van der Waals surface area (Å²) in [5.41, 5.74) is 2.86. The highest BCUT2D eigenvalue weighted by atomic mass is 32.2. The largest absolute Gasteiger partial charge is 0.312 e. The van der Waals surface area contributed by atoms with Crippen LogP contribution in [-0.2, 0) is 21.2 Å². The summed E-state index contributed by atoms with van der Waals surface area (Å²) < 4.78 is 28.3. The van der Waals surface area contributed by atoms with Gasteiger partial charge in [-0.25, -0.2) is 8.42 Å². The topological polar surface area (TPSA) is 79.4 Å². The molecule has 1 aromatic heterocycles. The van der Waals surface area contributed by atoms with Crippen molar-refractivity contribution < 1.29 is 13.2 Å². The van der Waals surface area contributed by atoms with Crippen LogP contribution in [0.3, 0.4) is 0 Å². The number of fused-ring (bicyclic) bond motifs is 2. The van der Waals surface area contributed by atoms with Gasteiger partial charge in [0.1, 0.15) is 0 Å². The van der Waals surface area contributed by atoms with Gasteiger partial charge < -0.3 is 4.90 Å². The van der Waals surface area contributed by atoms with Crippen LogP contribution in [0.5, 0.6) is 0 Å². The Morgan fingerprint density at radius 3 is 2.78 bits per heavy atom. The van der Waals surface area contributed by atoms with Crippen LogP contribution in [0.1, 0.15) is 18.9 Å². The molecule has 1 N–H and O–H groups in total. The summed E-state index contributed by atoms with van der Waals surface area (Å²) in [6.45, 7) is 2.10. The Morgan fingerprint density at radius 1 is 1.15 bits per heavy atom. The van der Waals surface area contributed by atoms with Crippen molar-refractivity contribution in [1.29, 1.82) is 0 Å². The zero-order valence-electron chi connectivity index (χ0n) is 14.8. The normalized spacial score (nSPS) is 14.0. The molecule has 0 radical (unpaired) electrons. The molecule has 7 heteroatoms. The van der Waals surface area contributed by atoms with E-state index < -0.39 is 10.0 Å². The highest BCUT2D eigenvalue weighted by Gasteiger charge is 2.23. The first kappa shape index (κ1) is 17.5. The average molecular weight is 381 g/mol. The highest BCUT2D eigenvalue weighted by Crippen LogP contribution is 2.30. The fraction of sp³-hybridized carbons (Fsp3) is 0.200. The summed E-state index contributed by atoms with van der Waals surface area (Å²) in [6.07, 6.45) is 3.21. The molecule has 0 saturated heterocycles. The number of hydrogen-bond acceptors (Lipinski definition) is 4. The summed E-state index contributed by atoms with van der Waals surface area (Å²) in [6, 6.07) is 14.2. The number of rotatable bonds is 3. The Kier molecular flexibility index (Phi) is 4.31. The monoisotopic (exact) mass is 381 g/mol. The summed E-state index contributed by atoms with van der Waals surface area (Å²) in [5.74, 6) is -0.0859. The van der Waals surface area contributed by atoms with Gasteiger partial charge in [0.2, 0.25) is 5.91 Å². The zero-order valence-corrected chi connectivity index (χ0v) is 15.7. The van der Waals surface area contributed by atoms with E-state index in [2.05, 4.69) is 9.71 Å². The first-order valence-electron chi connectivity index (χ1n) is 8.73. The molecule has 0 saturated carbocycles. The van der Waals surface area contributed by atoms with Crippen molar-refractivity contribution in [3.8, 4) is 0 Å². The smallest absolute Gasteiger partial charge is 0.262 e. The van der Waals surface area contributed by atoms with Crippen LogP contribution < -0.4 is 9.62 Å². The molecule has 0 fully saturated rings. The number of hydrogen-bond donors (Lipinski definition) is 1. The molecule has 2 heterocycles. The van der Waals surface area contributed by atoms with E-state index in [1.54, 1.807) is 29.2 Å². The molecule has 0 atom stereocenters. The molecule has 138 valence electrons. The molecule has 27 heavy (non-hydrogen) atoms. The summed E-state index contributed by atoms with van der Waals surface area (Å²) in [5, 5.41) is 0.853. The first-order valence-corrected chi connectivity index (χ1v) is 10.2. The first-order chi connectivity index (χ1) is 12.9. The lowest BCUT2D eigenvalue weighted by Crippen LogP contribution is -2.33. The van der Waals surface area contributed by atoms with E-state index >= 15 is 0 Å². The van der Waals surface area contributed by atoms with Gasteiger partial charge in [-0.3, -0.25) is 14.5 Å². The summed E-state index contributed by atoms with van der Waals surface area (Å²) >= 11 is 0. The number of carbonyl (C=O) groups excluding carboxylic acids is 1. The van der Waals surface area contributed by atoms with Gasteiger partial charge in [0.05, 0.1) is 22.3 Å². The molecule has 0 spiro atoms. The second kappa shape index (κ2) is 6.66. The maximum absolute atomic E-state index is 12.9. The van der Waals surface area contributed by atoms with Gasteiger partial charge in [-0.1, -0.05) is 24.3 Å². The van der Waals surface area contributed by atoms with Crippen molar-refractivity contribution in [2.45, 2.75) is 24.7 Å². The Hall–Kier alpha value is -2.93. The Labute approximate surface area is 157 Å². The standard InChI is InChI=1S/C20H19N3O3S/c1-14(24)23-10-4-6-15-8-9-18(12-20(15)23)27(25,26)22-17-11-16-5-2-3-7-19(16)21-13-17/h2-3,5,7-9,11-13,22H,4,6,10H2,1H3. The number of pyridine rings is 1. The van der Waals surface area contributed by atoms with Crippen molar-refractivity contribution in [1.82, 2.24) is 4.98 Å². The second-order valence-electron chi connectivity index (χ2n) is 6.59. The van der Waals surface area contributed by atoms with Crippen molar-refractivity contribution in [3.63, 3.8) is 0 Å². The number of sulfonamides is 1. The van der Waals surface area contributed by atoms with E-state index in [0.717, 1.165) is 29.3 Å². The van der Waals surface area contributed by atoms with Gasteiger partial charge in [-0.05, 0) is 42.7 Å². The number of nitrogens with zero attached hydrogens (tertiary/aromatic N) is 2. The van der Waals surface area contributed by atoms with Crippen LogP contribution in [0.25, 0.3) is 10.9 Å². The van der Waals surface area contributed by atoms with Gasteiger partial charge in [0, 0.05) is 24.5 Å². The van der Waals surface area contributed by atoms with Gasteiger partial charge in [-0.15, -0.1) is 0 Å². The van der Waals surface area contributed by atoms with Gasteiger partial charge in [-0.2, -0.15) is 0 Å². The number of nitrogens with one attached hydrogen (secondary N) is 1. The quantitative estimate of drug-likeness (QED) is 0.755. The maximum atomic E-state index is 12.9. The SMILES string of the molecule is CC(=O)N1CCCc2ccc(S(=O)(=O)Nc3cnc4ccccc4c3)cc21. The molecule has 3 aromatic rings. The Morgan fingerprint density at radius 2 is 1.96 bits per heavy atom. The fourth-order valence-corrected chi connectivity index (χ4v) is 4.44. The lowest BCUT2D eigenvalue weighted by Gasteiger charge is -2.29. The minimum absolute atomic E-state index is 0.0859. The second-order valence-corrected chi connectivity index (χ2v) is 8.27. The predicted molar refractivity (Wildman–Crippen MR) is 105 cm³/mol. The van der Waals surface area contributed by atoms with Crippen LogP contribution in [0.15, 0.2) is 59.6 Å². The minimum atomic E-state index is -3.79. The Bertz CT molecular complexity index is 1140. The third-order valence-corrected chi connectivity index (χ3v) is 6.09. The Balaban J connectivity index is 1.69.